The summed E-state index contributed by atoms with van der Waals surface area (Å²) in [7, 11) is 1.56. The van der Waals surface area contributed by atoms with Crippen molar-refractivity contribution in [3.63, 3.8) is 0 Å². The fourth-order valence-electron chi connectivity index (χ4n) is 1.56. The summed E-state index contributed by atoms with van der Waals surface area (Å²) in [4.78, 5) is 11.0. The lowest BCUT2D eigenvalue weighted by molar-refractivity contribution is -0.114. The zero-order valence-electron chi connectivity index (χ0n) is 10.4. The number of aromatic nitrogens is 2. The van der Waals surface area contributed by atoms with Gasteiger partial charge < -0.3 is 14.5 Å². The largest absolute Gasteiger partial charge is 0.496 e. The quantitative estimate of drug-likeness (QED) is 0.897. The third-order valence-corrected chi connectivity index (χ3v) is 2.28. The van der Waals surface area contributed by atoms with Crippen molar-refractivity contribution in [3.8, 4) is 17.2 Å². The summed E-state index contributed by atoms with van der Waals surface area (Å²) in [6.45, 7) is 3.15. The first-order chi connectivity index (χ1) is 8.60. The molecule has 94 valence electrons. The van der Waals surface area contributed by atoms with Crippen LogP contribution in [0.1, 0.15) is 12.8 Å². The SMILES string of the molecule is COc1ccc(NC(C)=O)cc1-c1nnc(C)o1. The van der Waals surface area contributed by atoms with Crippen LogP contribution in [0.2, 0.25) is 0 Å². The minimum Gasteiger partial charge on any atom is -0.496 e. The highest BCUT2D eigenvalue weighted by molar-refractivity contribution is 5.89. The smallest absolute Gasteiger partial charge is 0.251 e. The van der Waals surface area contributed by atoms with Gasteiger partial charge in [-0.25, -0.2) is 0 Å². The van der Waals surface area contributed by atoms with Gasteiger partial charge in [0.25, 0.3) is 5.89 Å². The van der Waals surface area contributed by atoms with Gasteiger partial charge in [0, 0.05) is 19.5 Å². The van der Waals surface area contributed by atoms with Crippen molar-refractivity contribution >= 4 is 11.6 Å². The molecule has 0 bridgehead atoms. The summed E-state index contributed by atoms with van der Waals surface area (Å²) < 4.78 is 10.6. The van der Waals surface area contributed by atoms with E-state index in [0.717, 1.165) is 0 Å². The Hall–Kier alpha value is -2.37. The highest BCUT2D eigenvalue weighted by Gasteiger charge is 2.13. The van der Waals surface area contributed by atoms with Crippen LogP contribution in [0, 0.1) is 6.92 Å². The molecule has 18 heavy (non-hydrogen) atoms. The third kappa shape index (κ3) is 2.48. The second kappa shape index (κ2) is 4.87. The lowest BCUT2D eigenvalue weighted by Crippen LogP contribution is -2.05. The van der Waals surface area contributed by atoms with Crippen molar-refractivity contribution in [2.45, 2.75) is 13.8 Å². The number of nitrogens with one attached hydrogen (secondary N) is 1. The van der Waals surface area contributed by atoms with E-state index in [1.165, 1.54) is 6.92 Å². The normalized spacial score (nSPS) is 10.2. The van der Waals surface area contributed by atoms with Gasteiger partial charge in [-0.05, 0) is 18.2 Å². The Kier molecular flexibility index (Phi) is 3.27. The monoisotopic (exact) mass is 247 g/mol. The molecule has 1 aromatic heterocycles. The zero-order valence-corrected chi connectivity index (χ0v) is 10.4. The fraction of sp³-hybridized carbons (Fsp3) is 0.250. The van der Waals surface area contributed by atoms with Gasteiger partial charge in [-0.1, -0.05) is 0 Å². The first kappa shape index (κ1) is 12.1. The van der Waals surface area contributed by atoms with E-state index in [-0.39, 0.29) is 5.91 Å². The van der Waals surface area contributed by atoms with Crippen molar-refractivity contribution in [1.29, 1.82) is 0 Å². The van der Waals surface area contributed by atoms with E-state index in [4.69, 9.17) is 9.15 Å². The molecular formula is C12H13N3O3. The summed E-state index contributed by atoms with van der Waals surface area (Å²) in [6.07, 6.45) is 0. The Labute approximate surface area is 104 Å². The molecule has 0 aliphatic carbocycles. The molecule has 0 saturated carbocycles. The van der Waals surface area contributed by atoms with E-state index in [2.05, 4.69) is 15.5 Å². The number of amides is 1. The molecule has 1 heterocycles. The molecule has 2 rings (SSSR count). The summed E-state index contributed by atoms with van der Waals surface area (Å²) in [5.41, 5.74) is 1.29. The molecule has 0 unspecified atom stereocenters. The van der Waals surface area contributed by atoms with E-state index < -0.39 is 0 Å². The Morgan fingerprint density at radius 3 is 2.72 bits per heavy atom. The van der Waals surface area contributed by atoms with Crippen molar-refractivity contribution in [2.75, 3.05) is 12.4 Å². The van der Waals surface area contributed by atoms with Crippen LogP contribution >= 0.6 is 0 Å². The number of hydrogen-bond acceptors (Lipinski definition) is 5. The first-order valence-corrected chi connectivity index (χ1v) is 5.36. The Morgan fingerprint density at radius 2 is 2.17 bits per heavy atom. The van der Waals surface area contributed by atoms with Crippen LogP contribution in [-0.4, -0.2) is 23.2 Å². The molecule has 0 fully saturated rings. The summed E-state index contributed by atoms with van der Waals surface area (Å²) in [5, 5.41) is 10.4. The van der Waals surface area contributed by atoms with Crippen LogP contribution in [-0.2, 0) is 4.79 Å². The zero-order chi connectivity index (χ0) is 13.1. The third-order valence-electron chi connectivity index (χ3n) is 2.28. The Balaban J connectivity index is 2.45. The predicted molar refractivity (Wildman–Crippen MR) is 65.3 cm³/mol. The van der Waals surface area contributed by atoms with Gasteiger partial charge in [0.05, 0.1) is 12.7 Å². The van der Waals surface area contributed by atoms with Crippen LogP contribution < -0.4 is 10.1 Å². The van der Waals surface area contributed by atoms with E-state index >= 15 is 0 Å². The number of methoxy groups -OCH3 is 1. The van der Waals surface area contributed by atoms with Gasteiger partial charge in [0.1, 0.15) is 5.75 Å². The van der Waals surface area contributed by atoms with Gasteiger partial charge in [0.15, 0.2) is 0 Å². The average molecular weight is 247 g/mol. The number of benzene rings is 1. The van der Waals surface area contributed by atoms with Crippen LogP contribution in [0.25, 0.3) is 11.5 Å². The van der Waals surface area contributed by atoms with Gasteiger partial charge in [-0.2, -0.15) is 0 Å². The molecule has 2 aromatic rings. The summed E-state index contributed by atoms with van der Waals surface area (Å²) >= 11 is 0. The molecule has 0 aliphatic heterocycles. The fourth-order valence-corrected chi connectivity index (χ4v) is 1.56. The minimum absolute atomic E-state index is 0.146. The number of nitrogens with zero attached hydrogens (tertiary/aromatic N) is 2. The topological polar surface area (TPSA) is 77.2 Å². The van der Waals surface area contributed by atoms with Crippen LogP contribution in [0.5, 0.6) is 5.75 Å². The van der Waals surface area contributed by atoms with E-state index in [0.29, 0.717) is 28.8 Å². The number of ether oxygens (including phenoxy) is 1. The predicted octanol–water partition coefficient (Wildman–Crippen LogP) is 2.01. The molecule has 6 nitrogen and oxygen atoms in total. The maximum atomic E-state index is 11.0. The van der Waals surface area contributed by atoms with Crippen molar-refractivity contribution < 1.29 is 13.9 Å². The second-order valence-electron chi connectivity index (χ2n) is 3.72. The molecule has 1 amide bonds. The number of carbonyl (C=O) groups is 1. The Morgan fingerprint density at radius 1 is 1.39 bits per heavy atom. The molecule has 0 aliphatic rings. The second-order valence-corrected chi connectivity index (χ2v) is 3.72. The lowest BCUT2D eigenvalue weighted by atomic mass is 10.1. The summed E-state index contributed by atoms with van der Waals surface area (Å²) in [6, 6.07) is 5.21. The molecular weight excluding hydrogens is 234 g/mol. The lowest BCUT2D eigenvalue weighted by Gasteiger charge is -2.08. The van der Waals surface area contributed by atoms with Crippen molar-refractivity contribution in [1.82, 2.24) is 10.2 Å². The minimum atomic E-state index is -0.146. The first-order valence-electron chi connectivity index (χ1n) is 5.36. The molecule has 0 radical (unpaired) electrons. The van der Waals surface area contributed by atoms with Crippen molar-refractivity contribution in [2.24, 2.45) is 0 Å². The van der Waals surface area contributed by atoms with Crippen LogP contribution in [0.15, 0.2) is 22.6 Å². The van der Waals surface area contributed by atoms with Crippen molar-refractivity contribution in [3.05, 3.63) is 24.1 Å². The Bertz CT molecular complexity index is 578. The molecule has 6 heteroatoms. The average Bonchev–Trinajstić information content (AvgIpc) is 2.75. The number of aryl methyl sites for hydroxylation is 1. The van der Waals surface area contributed by atoms with E-state index in [9.17, 15) is 4.79 Å². The van der Waals surface area contributed by atoms with Gasteiger partial charge >= 0.3 is 0 Å². The molecule has 0 atom stereocenters. The number of anilines is 1. The highest BCUT2D eigenvalue weighted by Crippen LogP contribution is 2.31. The molecule has 0 saturated heterocycles. The maximum absolute atomic E-state index is 11.0. The standard InChI is InChI=1S/C12H13N3O3/c1-7(16)13-9-4-5-11(17-3)10(6-9)12-15-14-8(2)18-12/h4-6H,1-3H3,(H,13,16). The summed E-state index contributed by atoms with van der Waals surface area (Å²) in [5.74, 6) is 1.29. The van der Waals surface area contributed by atoms with Gasteiger partial charge in [-0.15, -0.1) is 10.2 Å². The molecule has 1 N–H and O–H groups in total. The van der Waals surface area contributed by atoms with Crippen LogP contribution in [0.4, 0.5) is 5.69 Å². The molecule has 0 spiro atoms. The van der Waals surface area contributed by atoms with Gasteiger partial charge in [0.2, 0.25) is 11.8 Å². The van der Waals surface area contributed by atoms with Gasteiger partial charge in [-0.3, -0.25) is 4.79 Å². The number of hydrogen-bond donors (Lipinski definition) is 1. The number of rotatable bonds is 3. The molecule has 1 aromatic carbocycles. The highest BCUT2D eigenvalue weighted by atomic mass is 16.5. The van der Waals surface area contributed by atoms with E-state index in [1.54, 1.807) is 32.2 Å². The van der Waals surface area contributed by atoms with E-state index in [1.807, 2.05) is 0 Å². The maximum Gasteiger partial charge on any atom is 0.251 e. The van der Waals surface area contributed by atoms with Crippen LogP contribution in [0.3, 0.4) is 0 Å². The number of carbonyl (C=O) groups excluding carboxylic acids is 1.